The Kier molecular flexibility index (Phi) is 4.50. The number of aryl methyl sites for hydroxylation is 1. The summed E-state index contributed by atoms with van der Waals surface area (Å²) in [5.41, 5.74) is 0.680. The van der Waals surface area contributed by atoms with Crippen LogP contribution in [0, 0.1) is 28.8 Å². The Labute approximate surface area is 125 Å². The number of halogens is 1. The molecule has 0 saturated carbocycles. The Morgan fingerprint density at radius 2 is 2.18 bits per heavy atom. The number of amides is 1. The van der Waals surface area contributed by atoms with Crippen molar-refractivity contribution in [1.82, 2.24) is 9.78 Å². The number of aromatic nitrogens is 2. The van der Waals surface area contributed by atoms with Gasteiger partial charge in [0.2, 0.25) is 5.91 Å². The highest BCUT2D eigenvalue weighted by Crippen LogP contribution is 2.16. The zero-order valence-electron chi connectivity index (χ0n) is 12.1. The summed E-state index contributed by atoms with van der Waals surface area (Å²) >= 11 is 0. The van der Waals surface area contributed by atoms with Crippen LogP contribution in [0.5, 0.6) is 0 Å². The predicted molar refractivity (Wildman–Crippen MR) is 77.8 cm³/mol. The van der Waals surface area contributed by atoms with Crippen LogP contribution in [0.2, 0.25) is 0 Å². The molecule has 0 spiro atoms. The average Bonchev–Trinajstić information content (AvgIpc) is 2.83. The van der Waals surface area contributed by atoms with Gasteiger partial charge in [0.1, 0.15) is 5.82 Å². The first-order valence-corrected chi connectivity index (χ1v) is 6.62. The zero-order chi connectivity index (χ0) is 16.3. The van der Waals surface area contributed by atoms with Gasteiger partial charge in [-0.15, -0.1) is 0 Å². The maximum absolute atomic E-state index is 13.5. The largest absolute Gasteiger partial charge is 0.390 e. The number of rotatable bonds is 5. The summed E-state index contributed by atoms with van der Waals surface area (Å²) < 4.78 is 14.9. The number of nitro groups is 1. The van der Waals surface area contributed by atoms with Crippen molar-refractivity contribution in [2.45, 2.75) is 20.4 Å². The number of anilines is 1. The van der Waals surface area contributed by atoms with Crippen LogP contribution in [0.15, 0.2) is 30.3 Å². The monoisotopic (exact) mass is 306 g/mol. The molecule has 0 unspecified atom stereocenters. The summed E-state index contributed by atoms with van der Waals surface area (Å²) in [7, 11) is 0. The molecule has 0 aliphatic rings. The number of carbonyl (C=O) groups excluding carboxylic acids is 1. The molecule has 1 atom stereocenters. The van der Waals surface area contributed by atoms with Crippen LogP contribution in [0.25, 0.3) is 0 Å². The van der Waals surface area contributed by atoms with E-state index in [4.69, 9.17) is 0 Å². The van der Waals surface area contributed by atoms with Gasteiger partial charge < -0.3 is 15.4 Å². The van der Waals surface area contributed by atoms with Crippen LogP contribution >= 0.6 is 0 Å². The van der Waals surface area contributed by atoms with Gasteiger partial charge in [-0.05, 0) is 24.0 Å². The molecular formula is C14H15FN4O3. The number of para-hydroxylation sites is 1. The van der Waals surface area contributed by atoms with Gasteiger partial charge in [-0.25, -0.2) is 4.39 Å². The highest BCUT2D eigenvalue weighted by atomic mass is 19.1. The molecule has 1 amide bonds. The van der Waals surface area contributed by atoms with Crippen molar-refractivity contribution < 1.29 is 14.1 Å². The molecule has 2 rings (SSSR count). The van der Waals surface area contributed by atoms with Gasteiger partial charge in [-0.1, -0.05) is 19.1 Å². The van der Waals surface area contributed by atoms with Crippen LogP contribution in [-0.4, -0.2) is 20.6 Å². The van der Waals surface area contributed by atoms with Crippen LogP contribution in [0.1, 0.15) is 12.6 Å². The number of benzene rings is 1. The van der Waals surface area contributed by atoms with E-state index < -0.39 is 16.7 Å². The third kappa shape index (κ3) is 3.46. The molecule has 22 heavy (non-hydrogen) atoms. The van der Waals surface area contributed by atoms with Gasteiger partial charge in [0.05, 0.1) is 35.0 Å². The molecule has 0 aliphatic carbocycles. The highest BCUT2D eigenvalue weighted by molar-refractivity contribution is 5.92. The zero-order valence-corrected chi connectivity index (χ0v) is 12.1. The first-order valence-electron chi connectivity index (χ1n) is 6.62. The normalized spacial score (nSPS) is 12.0. The third-order valence-electron chi connectivity index (χ3n) is 3.18. The summed E-state index contributed by atoms with van der Waals surface area (Å²) in [5, 5.41) is 17.0. The Bertz CT molecular complexity index is 714. The maximum atomic E-state index is 13.5. The van der Waals surface area contributed by atoms with Gasteiger partial charge in [0.15, 0.2) is 0 Å². The van der Waals surface area contributed by atoms with Gasteiger partial charge in [-0.3, -0.25) is 4.79 Å². The van der Waals surface area contributed by atoms with Crippen LogP contribution < -0.4 is 5.32 Å². The lowest BCUT2D eigenvalue weighted by Crippen LogP contribution is -2.25. The minimum atomic E-state index is -0.590. The molecule has 0 bridgehead atoms. The number of nitrogens with one attached hydrogen (secondary N) is 1. The van der Waals surface area contributed by atoms with Gasteiger partial charge in [-0.2, -0.15) is 4.68 Å². The lowest BCUT2D eigenvalue weighted by atomic mass is 10.1. The van der Waals surface area contributed by atoms with Crippen molar-refractivity contribution >= 4 is 17.4 Å². The van der Waals surface area contributed by atoms with E-state index in [1.54, 1.807) is 19.9 Å². The summed E-state index contributed by atoms with van der Waals surface area (Å²) in [6.07, 6.45) is 0. The highest BCUT2D eigenvalue weighted by Gasteiger charge is 2.21. The van der Waals surface area contributed by atoms with E-state index in [-0.39, 0.29) is 24.0 Å². The molecule has 1 aromatic carbocycles. The molecular weight excluding hydrogens is 291 g/mol. The fraction of sp³-hybridized carbons (Fsp3) is 0.286. The fourth-order valence-corrected chi connectivity index (χ4v) is 1.93. The molecule has 1 N–H and O–H groups in total. The number of hydrogen-bond donors (Lipinski definition) is 1. The van der Waals surface area contributed by atoms with Crippen molar-refractivity contribution in [3.05, 3.63) is 52.0 Å². The molecule has 1 heterocycles. The second kappa shape index (κ2) is 6.33. The second-order valence-electron chi connectivity index (χ2n) is 4.95. The topological polar surface area (TPSA) is 90.1 Å². The van der Waals surface area contributed by atoms with Crippen LogP contribution in [0.4, 0.5) is 15.9 Å². The van der Waals surface area contributed by atoms with E-state index in [0.29, 0.717) is 5.69 Å². The lowest BCUT2D eigenvalue weighted by Gasteiger charge is -2.12. The van der Waals surface area contributed by atoms with E-state index in [0.717, 1.165) is 0 Å². The van der Waals surface area contributed by atoms with Crippen molar-refractivity contribution in [2.75, 3.05) is 5.32 Å². The first-order chi connectivity index (χ1) is 10.4. The second-order valence-corrected chi connectivity index (χ2v) is 4.95. The molecule has 0 aliphatic heterocycles. The number of hydrogen-bond acceptors (Lipinski definition) is 4. The Morgan fingerprint density at radius 3 is 2.77 bits per heavy atom. The Morgan fingerprint density at radius 1 is 1.50 bits per heavy atom. The van der Waals surface area contributed by atoms with Crippen molar-refractivity contribution in [1.29, 1.82) is 0 Å². The Hall–Kier alpha value is -2.77. The SMILES string of the molecule is Cc1cc([N+](=O)[O-])nn1C[C@H](C)C(=O)Nc1ccccc1F. The predicted octanol–water partition coefficient (Wildman–Crippen LogP) is 2.51. The van der Waals surface area contributed by atoms with E-state index in [9.17, 15) is 19.3 Å². The first kappa shape index (κ1) is 15.6. The van der Waals surface area contributed by atoms with Crippen molar-refractivity contribution in [3.63, 3.8) is 0 Å². The Balaban J connectivity index is 2.06. The number of carbonyl (C=O) groups is 1. The summed E-state index contributed by atoms with van der Waals surface area (Å²) in [6, 6.07) is 7.19. The van der Waals surface area contributed by atoms with Crippen molar-refractivity contribution in [2.24, 2.45) is 5.92 Å². The molecule has 1 aromatic heterocycles. The molecule has 0 fully saturated rings. The molecule has 7 nitrogen and oxygen atoms in total. The molecule has 8 heteroatoms. The van der Waals surface area contributed by atoms with Crippen molar-refractivity contribution in [3.8, 4) is 0 Å². The summed E-state index contributed by atoms with van der Waals surface area (Å²) in [5.74, 6) is -1.70. The minimum absolute atomic E-state index is 0.0996. The quantitative estimate of drug-likeness (QED) is 0.679. The molecule has 2 aromatic rings. The van der Waals surface area contributed by atoms with E-state index >= 15 is 0 Å². The fourth-order valence-electron chi connectivity index (χ4n) is 1.93. The maximum Gasteiger partial charge on any atom is 0.390 e. The lowest BCUT2D eigenvalue weighted by molar-refractivity contribution is -0.389. The van der Waals surface area contributed by atoms with E-state index in [1.807, 2.05) is 0 Å². The minimum Gasteiger partial charge on any atom is -0.358 e. The van der Waals surface area contributed by atoms with Gasteiger partial charge in [0.25, 0.3) is 0 Å². The molecule has 0 saturated heterocycles. The van der Waals surface area contributed by atoms with E-state index in [1.165, 1.54) is 28.9 Å². The summed E-state index contributed by atoms with van der Waals surface area (Å²) in [4.78, 5) is 22.2. The summed E-state index contributed by atoms with van der Waals surface area (Å²) in [6.45, 7) is 3.48. The van der Waals surface area contributed by atoms with Gasteiger partial charge in [0, 0.05) is 0 Å². The standard InChI is InChI=1S/C14H15FN4O3/c1-9(8-18-10(2)7-13(17-18)19(21)22)14(20)16-12-6-4-3-5-11(12)15/h3-7,9H,8H2,1-2H3,(H,16,20)/t9-/m0/s1. The van der Waals surface area contributed by atoms with E-state index in [2.05, 4.69) is 10.4 Å². The molecule has 0 radical (unpaired) electrons. The molecule has 116 valence electrons. The average molecular weight is 306 g/mol. The van der Waals surface area contributed by atoms with Gasteiger partial charge >= 0.3 is 5.82 Å². The van der Waals surface area contributed by atoms with Crippen LogP contribution in [0.3, 0.4) is 0 Å². The van der Waals surface area contributed by atoms with Crippen LogP contribution in [-0.2, 0) is 11.3 Å². The third-order valence-corrected chi connectivity index (χ3v) is 3.18. The smallest absolute Gasteiger partial charge is 0.358 e. The number of nitrogens with zero attached hydrogens (tertiary/aromatic N) is 3.